The number of carbonyl (C=O) groups is 4. The van der Waals surface area contributed by atoms with Crippen LogP contribution in [0.2, 0.25) is 0 Å². The van der Waals surface area contributed by atoms with Gasteiger partial charge in [-0.15, -0.1) is 0 Å². The molecule has 30 heavy (non-hydrogen) atoms. The number of hydrogen-bond donors (Lipinski definition) is 3. The van der Waals surface area contributed by atoms with E-state index in [0.29, 0.717) is 0 Å². The quantitative estimate of drug-likeness (QED) is 0.549. The van der Waals surface area contributed by atoms with Gasteiger partial charge in [-0.2, -0.15) is 0 Å². The highest BCUT2D eigenvalue weighted by Gasteiger charge is 2.25. The summed E-state index contributed by atoms with van der Waals surface area (Å²) < 4.78 is 10.3. The monoisotopic (exact) mass is 421 g/mol. The largest absolute Gasteiger partial charge is 0.459 e. The maximum Gasteiger partial charge on any atom is 0.408 e. The SMILES string of the molecule is C[C@H](NC(=O)[C@@H](C)NC(=O)[C@@H](C)NC(=O)OC(C)(C)C)C(=O)OCc1ccccc1. The minimum atomic E-state index is -0.926. The number of rotatable bonds is 8. The summed E-state index contributed by atoms with van der Waals surface area (Å²) in [5.41, 5.74) is 0.134. The number of carbonyl (C=O) groups excluding carboxylic acids is 4. The van der Waals surface area contributed by atoms with Gasteiger partial charge in [0.15, 0.2) is 0 Å². The summed E-state index contributed by atoms with van der Waals surface area (Å²) in [4.78, 5) is 48.2. The van der Waals surface area contributed by atoms with Gasteiger partial charge in [-0.25, -0.2) is 9.59 Å². The van der Waals surface area contributed by atoms with Crippen LogP contribution in [0, 0.1) is 0 Å². The minimum Gasteiger partial charge on any atom is -0.459 e. The van der Waals surface area contributed by atoms with E-state index < -0.39 is 47.6 Å². The van der Waals surface area contributed by atoms with Crippen LogP contribution in [0.25, 0.3) is 0 Å². The van der Waals surface area contributed by atoms with Gasteiger partial charge in [0.2, 0.25) is 11.8 Å². The maximum atomic E-state index is 12.3. The second kappa shape index (κ2) is 11.2. The zero-order valence-corrected chi connectivity index (χ0v) is 18.3. The Morgan fingerprint density at radius 2 is 1.33 bits per heavy atom. The lowest BCUT2D eigenvalue weighted by atomic mass is 10.2. The number of amides is 3. The fraction of sp³-hybridized carbons (Fsp3) is 0.524. The average Bonchev–Trinajstić information content (AvgIpc) is 2.64. The Balaban J connectivity index is 2.44. The number of nitrogens with one attached hydrogen (secondary N) is 3. The van der Waals surface area contributed by atoms with Gasteiger partial charge >= 0.3 is 12.1 Å². The molecule has 0 heterocycles. The molecule has 0 aromatic heterocycles. The fourth-order valence-corrected chi connectivity index (χ4v) is 2.20. The van der Waals surface area contributed by atoms with Crippen molar-refractivity contribution in [1.82, 2.24) is 16.0 Å². The molecule has 9 nitrogen and oxygen atoms in total. The molecular weight excluding hydrogens is 390 g/mol. The van der Waals surface area contributed by atoms with Gasteiger partial charge < -0.3 is 25.4 Å². The normalized spacial score (nSPS) is 13.9. The van der Waals surface area contributed by atoms with Crippen molar-refractivity contribution in [3.8, 4) is 0 Å². The Labute approximate surface area is 176 Å². The molecule has 1 aromatic carbocycles. The van der Waals surface area contributed by atoms with Crippen molar-refractivity contribution in [2.75, 3.05) is 0 Å². The summed E-state index contributed by atoms with van der Waals surface area (Å²) in [7, 11) is 0. The van der Waals surface area contributed by atoms with Crippen LogP contribution >= 0.6 is 0 Å². The van der Waals surface area contributed by atoms with Crippen LogP contribution in [-0.2, 0) is 30.5 Å². The van der Waals surface area contributed by atoms with E-state index in [0.717, 1.165) is 5.56 Å². The van der Waals surface area contributed by atoms with Crippen LogP contribution in [0.1, 0.15) is 47.1 Å². The average molecular weight is 421 g/mol. The number of ether oxygens (including phenoxy) is 2. The molecule has 3 atom stereocenters. The lowest BCUT2D eigenvalue weighted by Crippen LogP contribution is -2.54. The first-order valence-electron chi connectivity index (χ1n) is 9.70. The molecule has 3 amide bonds. The van der Waals surface area contributed by atoms with E-state index in [1.54, 1.807) is 20.8 Å². The summed E-state index contributed by atoms with van der Waals surface area (Å²) >= 11 is 0. The number of benzene rings is 1. The zero-order chi connectivity index (χ0) is 22.9. The Bertz CT molecular complexity index is 745. The summed E-state index contributed by atoms with van der Waals surface area (Å²) in [6, 6.07) is 6.43. The first kappa shape index (κ1) is 24.9. The van der Waals surface area contributed by atoms with E-state index in [1.165, 1.54) is 20.8 Å². The van der Waals surface area contributed by atoms with Gasteiger partial charge in [-0.1, -0.05) is 30.3 Å². The van der Waals surface area contributed by atoms with E-state index in [1.807, 2.05) is 30.3 Å². The van der Waals surface area contributed by atoms with Crippen LogP contribution in [0.4, 0.5) is 4.79 Å². The third-order valence-corrected chi connectivity index (χ3v) is 3.81. The molecule has 3 N–H and O–H groups in total. The predicted octanol–water partition coefficient (Wildman–Crippen LogP) is 1.65. The van der Waals surface area contributed by atoms with Gasteiger partial charge in [0.25, 0.3) is 0 Å². The number of esters is 1. The van der Waals surface area contributed by atoms with E-state index in [2.05, 4.69) is 16.0 Å². The summed E-state index contributed by atoms with van der Waals surface area (Å²) in [5.74, 6) is -1.72. The van der Waals surface area contributed by atoms with Crippen molar-refractivity contribution in [1.29, 1.82) is 0 Å². The van der Waals surface area contributed by atoms with Crippen molar-refractivity contribution < 1.29 is 28.7 Å². The summed E-state index contributed by atoms with van der Waals surface area (Å²) in [6.07, 6.45) is -0.739. The van der Waals surface area contributed by atoms with Crippen LogP contribution in [-0.4, -0.2) is 47.6 Å². The molecular formula is C21H31N3O6. The molecule has 0 saturated heterocycles. The lowest BCUT2D eigenvalue weighted by molar-refractivity contribution is -0.148. The highest BCUT2D eigenvalue weighted by molar-refractivity contribution is 5.92. The van der Waals surface area contributed by atoms with Crippen LogP contribution in [0.15, 0.2) is 30.3 Å². The first-order chi connectivity index (χ1) is 13.9. The highest BCUT2D eigenvalue weighted by atomic mass is 16.6. The second-order valence-electron chi connectivity index (χ2n) is 7.92. The van der Waals surface area contributed by atoms with Crippen molar-refractivity contribution in [3.05, 3.63) is 35.9 Å². The van der Waals surface area contributed by atoms with Gasteiger partial charge in [0, 0.05) is 0 Å². The molecule has 0 spiro atoms. The van der Waals surface area contributed by atoms with Crippen LogP contribution < -0.4 is 16.0 Å². The molecule has 1 rings (SSSR count). The van der Waals surface area contributed by atoms with Crippen LogP contribution in [0.3, 0.4) is 0 Å². The summed E-state index contributed by atoms with van der Waals surface area (Å²) in [5, 5.41) is 7.36. The molecule has 0 radical (unpaired) electrons. The van der Waals surface area contributed by atoms with Crippen molar-refractivity contribution in [2.24, 2.45) is 0 Å². The number of alkyl carbamates (subject to hydrolysis) is 1. The van der Waals surface area contributed by atoms with E-state index in [-0.39, 0.29) is 6.61 Å². The smallest absolute Gasteiger partial charge is 0.408 e. The first-order valence-corrected chi connectivity index (χ1v) is 9.70. The molecule has 0 aliphatic rings. The van der Waals surface area contributed by atoms with Crippen molar-refractivity contribution in [2.45, 2.75) is 71.9 Å². The Hall–Kier alpha value is -3.10. The lowest BCUT2D eigenvalue weighted by Gasteiger charge is -2.23. The van der Waals surface area contributed by atoms with E-state index >= 15 is 0 Å². The van der Waals surface area contributed by atoms with Crippen LogP contribution in [0.5, 0.6) is 0 Å². The second-order valence-corrected chi connectivity index (χ2v) is 7.92. The molecule has 0 bridgehead atoms. The van der Waals surface area contributed by atoms with Gasteiger partial charge in [0.1, 0.15) is 30.3 Å². The minimum absolute atomic E-state index is 0.0972. The highest BCUT2D eigenvalue weighted by Crippen LogP contribution is 2.07. The van der Waals surface area contributed by atoms with Gasteiger partial charge in [-0.3, -0.25) is 9.59 Å². The van der Waals surface area contributed by atoms with E-state index in [9.17, 15) is 19.2 Å². The third-order valence-electron chi connectivity index (χ3n) is 3.81. The molecule has 9 heteroatoms. The fourth-order valence-electron chi connectivity index (χ4n) is 2.20. The topological polar surface area (TPSA) is 123 Å². The predicted molar refractivity (Wildman–Crippen MR) is 110 cm³/mol. The Morgan fingerprint density at radius 1 is 0.833 bits per heavy atom. The Morgan fingerprint density at radius 3 is 1.87 bits per heavy atom. The molecule has 0 fully saturated rings. The molecule has 0 aliphatic carbocycles. The summed E-state index contributed by atoms with van der Waals surface area (Å²) in [6.45, 7) is 9.64. The van der Waals surface area contributed by atoms with Gasteiger partial charge in [0.05, 0.1) is 0 Å². The standard InChI is InChI=1S/C21H31N3O6/c1-13(22-18(26)14(2)24-20(28)30-21(4,5)6)17(25)23-15(3)19(27)29-12-16-10-8-7-9-11-16/h7-11,13-15H,12H2,1-6H3,(H,22,26)(H,23,25)(H,24,28)/t13-,14-,15+/m1/s1. The van der Waals surface area contributed by atoms with Gasteiger partial charge in [-0.05, 0) is 47.1 Å². The molecule has 0 unspecified atom stereocenters. The molecule has 166 valence electrons. The molecule has 0 saturated carbocycles. The number of hydrogen-bond acceptors (Lipinski definition) is 6. The molecule has 0 aliphatic heterocycles. The third kappa shape index (κ3) is 9.40. The molecule has 1 aromatic rings. The zero-order valence-electron chi connectivity index (χ0n) is 18.3. The Kier molecular flexibility index (Phi) is 9.29. The van der Waals surface area contributed by atoms with Crippen molar-refractivity contribution in [3.63, 3.8) is 0 Å². The maximum absolute atomic E-state index is 12.3. The van der Waals surface area contributed by atoms with Crippen molar-refractivity contribution >= 4 is 23.9 Å². The van der Waals surface area contributed by atoms with E-state index in [4.69, 9.17) is 9.47 Å².